The highest BCUT2D eigenvalue weighted by Crippen LogP contribution is 2.43. The molecule has 1 saturated heterocycles. The van der Waals surface area contributed by atoms with E-state index in [1.165, 1.54) is 6.33 Å². The maximum Gasteiger partial charge on any atom is 0.278 e. The maximum atomic E-state index is 12.2. The Labute approximate surface area is 197 Å². The zero-order chi connectivity index (χ0) is 24.6. The van der Waals surface area contributed by atoms with Crippen LogP contribution in [-0.4, -0.2) is 75.8 Å². The first kappa shape index (κ1) is 26.0. The number of nitrogens with zero attached hydrogens (tertiary/aromatic N) is 4. The van der Waals surface area contributed by atoms with Gasteiger partial charge in [-0.25, -0.2) is 9.97 Å². The summed E-state index contributed by atoms with van der Waals surface area (Å²) in [4.78, 5) is 25.6. The molecular formula is C23H41N5O4Si. The smallest absolute Gasteiger partial charge is 0.278 e. The van der Waals surface area contributed by atoms with Crippen molar-refractivity contribution in [1.82, 2.24) is 24.4 Å². The van der Waals surface area contributed by atoms with Gasteiger partial charge in [-0.2, -0.15) is 0 Å². The van der Waals surface area contributed by atoms with Gasteiger partial charge in [0.05, 0.1) is 25.9 Å². The maximum absolute atomic E-state index is 12.2. The average molecular weight is 480 g/mol. The van der Waals surface area contributed by atoms with Crippen LogP contribution in [0, 0.1) is 0 Å². The molecule has 1 fully saturated rings. The first-order chi connectivity index (χ1) is 15.5. The fourth-order valence-corrected chi connectivity index (χ4v) is 11.1. The van der Waals surface area contributed by atoms with Crippen LogP contribution in [0.4, 0.5) is 0 Å². The van der Waals surface area contributed by atoms with Crippen molar-refractivity contribution in [3.05, 3.63) is 23.0 Å². The zero-order valence-electron chi connectivity index (χ0n) is 21.3. The van der Waals surface area contributed by atoms with E-state index in [1.54, 1.807) is 10.9 Å². The van der Waals surface area contributed by atoms with Crippen LogP contribution in [-0.2, 0) is 9.16 Å². The number of rotatable bonds is 9. The van der Waals surface area contributed by atoms with Crippen molar-refractivity contribution in [2.75, 3.05) is 26.3 Å². The number of morpholine rings is 1. The molecule has 0 amide bonds. The molecule has 0 radical (unpaired) electrons. The minimum Gasteiger partial charge on any atom is -0.413 e. The van der Waals surface area contributed by atoms with Crippen LogP contribution in [0.25, 0.3) is 11.2 Å². The second kappa shape index (κ2) is 9.95. The number of aromatic nitrogens is 4. The normalized spacial score (nSPS) is 23.0. The summed E-state index contributed by atoms with van der Waals surface area (Å²) in [6, 6.07) is 0.246. The summed E-state index contributed by atoms with van der Waals surface area (Å²) >= 11 is 0. The molecule has 9 nitrogen and oxygen atoms in total. The van der Waals surface area contributed by atoms with Gasteiger partial charge in [0.1, 0.15) is 11.8 Å². The van der Waals surface area contributed by atoms with Gasteiger partial charge in [-0.15, -0.1) is 0 Å². The first-order valence-corrected chi connectivity index (χ1v) is 14.2. The Balaban J connectivity index is 1.97. The van der Waals surface area contributed by atoms with Crippen LogP contribution in [0.2, 0.25) is 16.6 Å². The number of nitrogens with one attached hydrogen (secondary N) is 1. The third-order valence-electron chi connectivity index (χ3n) is 7.25. The lowest BCUT2D eigenvalue weighted by Crippen LogP contribution is -2.61. The average Bonchev–Trinajstić information content (AvgIpc) is 3.18. The number of imidazole rings is 1. The molecule has 0 saturated carbocycles. The first-order valence-electron chi connectivity index (χ1n) is 12.0. The fourth-order valence-electron chi connectivity index (χ4n) is 5.58. The molecular weight excluding hydrogens is 438 g/mol. The summed E-state index contributed by atoms with van der Waals surface area (Å²) in [5.41, 5.74) is 0.875. The van der Waals surface area contributed by atoms with Gasteiger partial charge in [-0.1, -0.05) is 41.5 Å². The molecule has 3 heterocycles. The summed E-state index contributed by atoms with van der Waals surface area (Å²) in [7, 11) is -2.15. The Morgan fingerprint density at radius 3 is 2.36 bits per heavy atom. The highest BCUT2D eigenvalue weighted by Gasteiger charge is 2.49. The molecule has 2 atom stereocenters. The minimum atomic E-state index is -2.15. The molecule has 0 bridgehead atoms. The number of ether oxygens (including phenoxy) is 1. The predicted molar refractivity (Wildman–Crippen MR) is 132 cm³/mol. The van der Waals surface area contributed by atoms with E-state index in [2.05, 4.69) is 75.2 Å². The van der Waals surface area contributed by atoms with Gasteiger partial charge in [0, 0.05) is 19.1 Å². The number of aliphatic hydroxyl groups excluding tert-OH is 1. The van der Waals surface area contributed by atoms with Gasteiger partial charge >= 0.3 is 0 Å². The van der Waals surface area contributed by atoms with E-state index in [-0.39, 0.29) is 23.7 Å². The Morgan fingerprint density at radius 1 is 1.18 bits per heavy atom. The molecule has 1 aliphatic heterocycles. The summed E-state index contributed by atoms with van der Waals surface area (Å²) in [6.07, 6.45) is 2.52. The number of hydrogen-bond acceptors (Lipinski definition) is 7. The Hall–Kier alpha value is -1.59. The molecule has 0 aliphatic carbocycles. The van der Waals surface area contributed by atoms with Crippen LogP contribution >= 0.6 is 0 Å². The monoisotopic (exact) mass is 479 g/mol. The quantitative estimate of drug-likeness (QED) is 0.532. The molecule has 2 N–H and O–H groups in total. The van der Waals surface area contributed by atoms with E-state index in [0.717, 1.165) is 0 Å². The van der Waals surface area contributed by atoms with Gasteiger partial charge in [-0.05, 0) is 30.5 Å². The zero-order valence-corrected chi connectivity index (χ0v) is 22.3. The van der Waals surface area contributed by atoms with Crippen molar-refractivity contribution < 1.29 is 14.3 Å². The van der Waals surface area contributed by atoms with Crippen LogP contribution < -0.4 is 5.56 Å². The Bertz CT molecular complexity index is 967. The molecule has 0 unspecified atom stereocenters. The molecule has 2 aromatic heterocycles. The highest BCUT2D eigenvalue weighted by atomic mass is 28.4. The van der Waals surface area contributed by atoms with Crippen molar-refractivity contribution in [2.45, 2.75) is 89.9 Å². The lowest BCUT2D eigenvalue weighted by Gasteiger charge is -2.50. The van der Waals surface area contributed by atoms with E-state index in [1.807, 2.05) is 0 Å². The van der Waals surface area contributed by atoms with E-state index >= 15 is 0 Å². The van der Waals surface area contributed by atoms with Gasteiger partial charge < -0.3 is 19.3 Å². The fraction of sp³-hybridized carbons (Fsp3) is 0.783. The second-order valence-corrected chi connectivity index (χ2v) is 16.1. The molecule has 10 heteroatoms. The largest absolute Gasteiger partial charge is 0.413 e. The van der Waals surface area contributed by atoms with Crippen molar-refractivity contribution in [3.63, 3.8) is 0 Å². The van der Waals surface area contributed by atoms with Crippen molar-refractivity contribution in [1.29, 1.82) is 0 Å². The second-order valence-electron chi connectivity index (χ2n) is 10.6. The molecule has 33 heavy (non-hydrogen) atoms. The number of H-pyrrole nitrogens is 1. The van der Waals surface area contributed by atoms with Crippen LogP contribution in [0.1, 0.15) is 61.6 Å². The summed E-state index contributed by atoms with van der Waals surface area (Å²) in [5, 5.41) is 10.6. The van der Waals surface area contributed by atoms with E-state index < -0.39 is 20.1 Å². The van der Waals surface area contributed by atoms with Gasteiger partial charge in [0.2, 0.25) is 0 Å². The molecule has 0 aromatic carbocycles. The van der Waals surface area contributed by atoms with Crippen LogP contribution in [0.3, 0.4) is 0 Å². The standard InChI is InChI=1S/C23H41N5O4Si/c1-15(2)27-9-19(28-14-26-20-21(28)24-13-25-22(20)30)32-23(10-27,11-29)12-31-33(16(3)4,17(5)6)18(7)8/h13-19,29H,9-12H2,1-8H3,(H,24,25,30)/t19-,23+/m1/s1. The lowest BCUT2D eigenvalue weighted by molar-refractivity contribution is -0.215. The summed E-state index contributed by atoms with van der Waals surface area (Å²) in [5.74, 6) is 0. The molecule has 3 rings (SSSR count). The van der Waals surface area contributed by atoms with Gasteiger partial charge in [0.25, 0.3) is 5.56 Å². The SMILES string of the molecule is CC(C)N1C[C@H](n2cnc3c(=O)[nH]cnc32)O[C@@](CO)(CO[Si](C(C)C)(C(C)C)C(C)C)C1. The molecule has 2 aromatic rings. The highest BCUT2D eigenvalue weighted by molar-refractivity contribution is 6.77. The van der Waals surface area contributed by atoms with Crippen molar-refractivity contribution in [2.24, 2.45) is 0 Å². The number of hydrogen-bond donors (Lipinski definition) is 2. The number of aromatic amines is 1. The third-order valence-corrected chi connectivity index (χ3v) is 13.3. The van der Waals surface area contributed by atoms with E-state index in [9.17, 15) is 9.90 Å². The lowest BCUT2D eigenvalue weighted by atomic mass is 10.0. The molecule has 1 aliphatic rings. The van der Waals surface area contributed by atoms with Crippen LogP contribution in [0.15, 0.2) is 17.4 Å². The van der Waals surface area contributed by atoms with Crippen molar-refractivity contribution >= 4 is 19.5 Å². The Morgan fingerprint density at radius 2 is 1.82 bits per heavy atom. The topological polar surface area (TPSA) is 106 Å². The number of fused-ring (bicyclic) bond motifs is 1. The molecule has 0 spiro atoms. The van der Waals surface area contributed by atoms with Gasteiger partial charge in [0.15, 0.2) is 19.5 Å². The third kappa shape index (κ3) is 4.81. The van der Waals surface area contributed by atoms with Crippen LogP contribution in [0.5, 0.6) is 0 Å². The van der Waals surface area contributed by atoms with E-state index in [4.69, 9.17) is 9.16 Å². The minimum absolute atomic E-state index is 0.161. The Kier molecular flexibility index (Phi) is 7.85. The summed E-state index contributed by atoms with van der Waals surface area (Å²) < 4.78 is 15.3. The van der Waals surface area contributed by atoms with E-state index in [0.29, 0.717) is 42.0 Å². The van der Waals surface area contributed by atoms with Gasteiger partial charge in [-0.3, -0.25) is 14.3 Å². The predicted octanol–water partition coefficient (Wildman–Crippen LogP) is 3.28. The summed E-state index contributed by atoms with van der Waals surface area (Å²) in [6.45, 7) is 19.1. The van der Waals surface area contributed by atoms with Crippen molar-refractivity contribution in [3.8, 4) is 0 Å². The molecule has 186 valence electrons. The number of aliphatic hydroxyl groups is 1.